The molecule has 2 fully saturated rings. The number of piperidine rings is 1. The van der Waals surface area contributed by atoms with Gasteiger partial charge < -0.3 is 10.6 Å². The lowest BCUT2D eigenvalue weighted by atomic mass is 9.65. The highest BCUT2D eigenvalue weighted by molar-refractivity contribution is 7.92. The van der Waals surface area contributed by atoms with E-state index in [0.717, 1.165) is 19.3 Å². The van der Waals surface area contributed by atoms with E-state index < -0.39 is 14.6 Å². The second kappa shape index (κ2) is 7.08. The summed E-state index contributed by atoms with van der Waals surface area (Å²) in [6.45, 7) is 1.69. The zero-order valence-electron chi connectivity index (χ0n) is 14.9. The van der Waals surface area contributed by atoms with Gasteiger partial charge >= 0.3 is 0 Å². The Kier molecular flexibility index (Phi) is 5.21. The van der Waals surface area contributed by atoms with Gasteiger partial charge in [-0.2, -0.15) is 0 Å². The Morgan fingerprint density at radius 3 is 2.28 bits per heavy atom. The second-order valence-corrected chi connectivity index (χ2v) is 10.0. The van der Waals surface area contributed by atoms with Crippen molar-refractivity contribution in [3.8, 4) is 0 Å². The third-order valence-corrected chi connectivity index (χ3v) is 8.01. The van der Waals surface area contributed by atoms with E-state index in [4.69, 9.17) is 0 Å². The number of nitrogens with one attached hydrogen (secondary N) is 2. The zero-order valence-corrected chi connectivity index (χ0v) is 15.7. The Hall–Kier alpha value is -1.40. The van der Waals surface area contributed by atoms with Crippen LogP contribution in [-0.4, -0.2) is 45.0 Å². The fraction of sp³-hybridized carbons (Fsp3) is 0.632. The van der Waals surface area contributed by atoms with Crippen molar-refractivity contribution in [1.82, 2.24) is 10.6 Å². The minimum atomic E-state index is -3.45. The van der Waals surface area contributed by atoms with Gasteiger partial charge in [0.15, 0.2) is 14.6 Å². The number of benzene rings is 1. The summed E-state index contributed by atoms with van der Waals surface area (Å²) in [6.07, 6.45) is 6.16. The van der Waals surface area contributed by atoms with Crippen molar-refractivity contribution in [3.63, 3.8) is 0 Å². The molecule has 5 nitrogen and oxygen atoms in total. The van der Waals surface area contributed by atoms with Crippen molar-refractivity contribution in [2.24, 2.45) is 5.41 Å². The summed E-state index contributed by atoms with van der Waals surface area (Å²) in [6, 6.07) is 10.3. The molecule has 0 bridgehead atoms. The van der Waals surface area contributed by atoms with Gasteiger partial charge in [-0.05, 0) is 56.2 Å². The van der Waals surface area contributed by atoms with Gasteiger partial charge in [-0.25, -0.2) is 8.42 Å². The maximum absolute atomic E-state index is 12.9. The van der Waals surface area contributed by atoms with Crippen LogP contribution < -0.4 is 10.6 Å². The molecule has 1 aliphatic heterocycles. The predicted octanol–water partition coefficient (Wildman–Crippen LogP) is 1.68. The van der Waals surface area contributed by atoms with Gasteiger partial charge in [-0.1, -0.05) is 36.8 Å². The van der Waals surface area contributed by atoms with Crippen LogP contribution in [0.25, 0.3) is 0 Å². The van der Waals surface area contributed by atoms with Gasteiger partial charge in [0.05, 0.1) is 0 Å². The molecule has 1 saturated carbocycles. The lowest BCUT2D eigenvalue weighted by Gasteiger charge is -2.43. The maximum Gasteiger partial charge on any atom is 0.241 e. The molecule has 1 aromatic rings. The van der Waals surface area contributed by atoms with Crippen molar-refractivity contribution in [2.45, 2.75) is 43.3 Å². The predicted molar refractivity (Wildman–Crippen MR) is 99.1 cm³/mol. The molecule has 3 rings (SSSR count). The van der Waals surface area contributed by atoms with Crippen LogP contribution in [0.3, 0.4) is 0 Å². The molecule has 2 N–H and O–H groups in total. The van der Waals surface area contributed by atoms with E-state index in [9.17, 15) is 13.2 Å². The molecule has 1 saturated heterocycles. The Morgan fingerprint density at radius 2 is 1.76 bits per heavy atom. The maximum atomic E-state index is 12.9. The van der Waals surface area contributed by atoms with Crippen LogP contribution in [-0.2, 0) is 21.1 Å². The molecule has 1 amide bonds. The highest BCUT2D eigenvalue weighted by atomic mass is 32.2. The van der Waals surface area contributed by atoms with Crippen molar-refractivity contribution in [1.29, 1.82) is 0 Å². The summed E-state index contributed by atoms with van der Waals surface area (Å²) >= 11 is 0. The normalized spacial score (nSPS) is 22.0. The van der Waals surface area contributed by atoms with E-state index in [-0.39, 0.29) is 11.3 Å². The summed E-state index contributed by atoms with van der Waals surface area (Å²) < 4.78 is 23.5. The Morgan fingerprint density at radius 1 is 1.12 bits per heavy atom. The summed E-state index contributed by atoms with van der Waals surface area (Å²) in [4.78, 5) is 12.9. The van der Waals surface area contributed by atoms with Crippen LogP contribution in [0.2, 0.25) is 0 Å². The van der Waals surface area contributed by atoms with E-state index in [2.05, 4.69) is 22.8 Å². The molecule has 25 heavy (non-hydrogen) atoms. The molecule has 1 heterocycles. The number of rotatable bonds is 6. The molecule has 0 radical (unpaired) electrons. The Bertz CT molecular complexity index is 705. The topological polar surface area (TPSA) is 75.3 Å². The first-order valence-electron chi connectivity index (χ1n) is 9.10. The van der Waals surface area contributed by atoms with Crippen molar-refractivity contribution in [2.75, 3.05) is 25.9 Å². The van der Waals surface area contributed by atoms with Crippen LogP contribution in [0.5, 0.6) is 0 Å². The van der Waals surface area contributed by atoms with Gasteiger partial charge in [-0.3, -0.25) is 4.79 Å². The molecule has 138 valence electrons. The van der Waals surface area contributed by atoms with Gasteiger partial charge in [0.1, 0.15) is 0 Å². The fourth-order valence-corrected chi connectivity index (χ4v) is 5.50. The van der Waals surface area contributed by atoms with E-state index in [1.807, 2.05) is 18.2 Å². The molecule has 6 heteroatoms. The van der Waals surface area contributed by atoms with Crippen molar-refractivity contribution >= 4 is 15.7 Å². The van der Waals surface area contributed by atoms with Crippen LogP contribution in [0.15, 0.2) is 30.3 Å². The zero-order chi connectivity index (χ0) is 18.0. The molecule has 0 spiro atoms. The Labute approximate surface area is 150 Å². The third-order valence-electron chi connectivity index (χ3n) is 5.99. The largest absolute Gasteiger partial charge is 0.354 e. The average Bonchev–Trinajstić information content (AvgIpc) is 2.57. The van der Waals surface area contributed by atoms with Crippen LogP contribution in [0.4, 0.5) is 0 Å². The number of hydrogen-bond acceptors (Lipinski definition) is 4. The SMILES string of the molecule is CS(=O)(=O)C1(C(=O)NCC2(Cc3ccccc3)CCC2)CCNCC1. The van der Waals surface area contributed by atoms with E-state index >= 15 is 0 Å². The quantitative estimate of drug-likeness (QED) is 0.805. The molecule has 2 aliphatic rings. The first kappa shape index (κ1) is 18.4. The van der Waals surface area contributed by atoms with Gasteiger partial charge in [-0.15, -0.1) is 0 Å². The number of sulfone groups is 1. The fourth-order valence-electron chi connectivity index (χ4n) is 4.15. The van der Waals surface area contributed by atoms with E-state index in [1.54, 1.807) is 0 Å². The van der Waals surface area contributed by atoms with Gasteiger partial charge in [0.25, 0.3) is 0 Å². The highest BCUT2D eigenvalue weighted by Gasteiger charge is 2.49. The Balaban J connectivity index is 1.69. The summed E-state index contributed by atoms with van der Waals surface area (Å²) in [7, 11) is -3.45. The molecule has 1 aliphatic carbocycles. The molecule has 0 atom stereocenters. The number of carbonyl (C=O) groups excluding carboxylic acids is 1. The van der Waals surface area contributed by atoms with Gasteiger partial charge in [0.2, 0.25) is 5.91 Å². The summed E-state index contributed by atoms with van der Waals surface area (Å²) in [5.41, 5.74) is 1.35. The van der Waals surface area contributed by atoms with E-state index in [1.165, 1.54) is 18.2 Å². The van der Waals surface area contributed by atoms with Crippen LogP contribution in [0, 0.1) is 5.41 Å². The molecule has 1 aromatic carbocycles. The van der Waals surface area contributed by atoms with Crippen LogP contribution >= 0.6 is 0 Å². The number of hydrogen-bond donors (Lipinski definition) is 2. The number of carbonyl (C=O) groups is 1. The summed E-state index contributed by atoms with van der Waals surface area (Å²) in [5.74, 6) is -0.309. The monoisotopic (exact) mass is 364 g/mol. The van der Waals surface area contributed by atoms with Gasteiger partial charge in [0, 0.05) is 12.8 Å². The lowest BCUT2D eigenvalue weighted by molar-refractivity contribution is -0.125. The van der Waals surface area contributed by atoms with E-state index in [0.29, 0.717) is 32.5 Å². The molecular formula is C19H28N2O3S. The lowest BCUT2D eigenvalue weighted by Crippen LogP contribution is -2.59. The van der Waals surface area contributed by atoms with Crippen molar-refractivity contribution in [3.05, 3.63) is 35.9 Å². The number of amides is 1. The van der Waals surface area contributed by atoms with Crippen LogP contribution in [0.1, 0.15) is 37.7 Å². The van der Waals surface area contributed by atoms with Crippen molar-refractivity contribution < 1.29 is 13.2 Å². The standard InChI is InChI=1S/C19H28N2O3S/c1-25(23,24)19(10-12-20-13-11-19)17(22)21-15-18(8-5-9-18)14-16-6-3-2-4-7-16/h2-4,6-7,20H,5,8-15H2,1H3,(H,21,22). The summed E-state index contributed by atoms with van der Waals surface area (Å²) in [5, 5.41) is 6.17. The first-order valence-corrected chi connectivity index (χ1v) is 11.0. The second-order valence-electron chi connectivity index (χ2n) is 7.72. The highest BCUT2D eigenvalue weighted by Crippen LogP contribution is 2.43. The first-order chi connectivity index (χ1) is 11.9. The smallest absolute Gasteiger partial charge is 0.241 e. The average molecular weight is 365 g/mol. The molecule has 0 aromatic heterocycles. The minimum absolute atomic E-state index is 0.0720. The third kappa shape index (κ3) is 3.75. The molecule has 0 unspecified atom stereocenters. The molecular weight excluding hydrogens is 336 g/mol. The minimum Gasteiger partial charge on any atom is -0.354 e.